The lowest BCUT2D eigenvalue weighted by atomic mass is 9.90. The van der Waals surface area contributed by atoms with E-state index in [0.29, 0.717) is 11.4 Å². The van der Waals surface area contributed by atoms with Gasteiger partial charge in [-0.3, -0.25) is 5.84 Å². The van der Waals surface area contributed by atoms with Crippen molar-refractivity contribution in [2.24, 2.45) is 5.84 Å². The SMILES string of the molecule is Cc1cc(F)c2nc(C(C)(C)C)cc(NN)c2c1F. The Hall–Kier alpha value is -1.75. The van der Waals surface area contributed by atoms with Crippen molar-refractivity contribution in [1.29, 1.82) is 0 Å². The van der Waals surface area contributed by atoms with E-state index in [1.165, 1.54) is 6.92 Å². The molecule has 2 rings (SSSR count). The lowest BCUT2D eigenvalue weighted by molar-refractivity contribution is 0.567. The third kappa shape index (κ3) is 2.26. The Bertz CT molecular complexity index is 645. The summed E-state index contributed by atoms with van der Waals surface area (Å²) < 4.78 is 28.2. The lowest BCUT2D eigenvalue weighted by Gasteiger charge is -2.20. The highest BCUT2D eigenvalue weighted by Crippen LogP contribution is 2.32. The molecule has 0 aliphatic carbocycles. The Kier molecular flexibility index (Phi) is 3.18. The number of nitrogens with one attached hydrogen (secondary N) is 1. The van der Waals surface area contributed by atoms with Crippen molar-refractivity contribution in [2.45, 2.75) is 33.1 Å². The summed E-state index contributed by atoms with van der Waals surface area (Å²) in [6.07, 6.45) is 0. The first-order valence-corrected chi connectivity index (χ1v) is 6.02. The van der Waals surface area contributed by atoms with Gasteiger partial charge in [-0.25, -0.2) is 13.8 Å². The first-order valence-electron chi connectivity index (χ1n) is 6.02. The summed E-state index contributed by atoms with van der Waals surface area (Å²) in [5.41, 5.74) is 3.37. The summed E-state index contributed by atoms with van der Waals surface area (Å²) in [7, 11) is 0. The van der Waals surface area contributed by atoms with Crippen LogP contribution >= 0.6 is 0 Å². The summed E-state index contributed by atoms with van der Waals surface area (Å²) in [6.45, 7) is 7.35. The minimum absolute atomic E-state index is 0.00322. The van der Waals surface area contributed by atoms with Crippen LogP contribution in [0, 0.1) is 18.6 Å². The highest BCUT2D eigenvalue weighted by atomic mass is 19.1. The van der Waals surface area contributed by atoms with E-state index in [0.717, 1.165) is 6.07 Å². The number of pyridine rings is 1. The molecule has 1 aromatic carbocycles. The van der Waals surface area contributed by atoms with Gasteiger partial charge in [0.15, 0.2) is 0 Å². The van der Waals surface area contributed by atoms with Gasteiger partial charge in [-0.1, -0.05) is 20.8 Å². The lowest BCUT2D eigenvalue weighted by Crippen LogP contribution is -2.16. The third-order valence-electron chi connectivity index (χ3n) is 3.08. The Balaban J connectivity index is 2.93. The fourth-order valence-electron chi connectivity index (χ4n) is 1.96. The topological polar surface area (TPSA) is 50.9 Å². The van der Waals surface area contributed by atoms with E-state index in [1.807, 2.05) is 20.8 Å². The summed E-state index contributed by atoms with van der Waals surface area (Å²) in [6, 6.07) is 2.81. The zero-order valence-electron chi connectivity index (χ0n) is 11.4. The molecule has 1 heterocycles. The van der Waals surface area contributed by atoms with Crippen molar-refractivity contribution in [3.8, 4) is 0 Å². The number of hydrogen-bond acceptors (Lipinski definition) is 3. The van der Waals surface area contributed by atoms with Crippen LogP contribution in [0.15, 0.2) is 12.1 Å². The molecule has 0 fully saturated rings. The maximum atomic E-state index is 14.2. The van der Waals surface area contributed by atoms with Crippen molar-refractivity contribution < 1.29 is 8.78 Å². The molecule has 19 heavy (non-hydrogen) atoms. The molecule has 3 nitrogen and oxygen atoms in total. The number of fused-ring (bicyclic) bond motifs is 1. The third-order valence-corrected chi connectivity index (χ3v) is 3.08. The van der Waals surface area contributed by atoms with Crippen molar-refractivity contribution in [3.05, 3.63) is 35.0 Å². The highest BCUT2D eigenvalue weighted by molar-refractivity contribution is 5.93. The molecule has 0 bridgehead atoms. The highest BCUT2D eigenvalue weighted by Gasteiger charge is 2.21. The van der Waals surface area contributed by atoms with Crippen LogP contribution in [0.3, 0.4) is 0 Å². The van der Waals surface area contributed by atoms with Gasteiger partial charge in [-0.05, 0) is 24.6 Å². The summed E-state index contributed by atoms with van der Waals surface area (Å²) in [5, 5.41) is 0.0907. The van der Waals surface area contributed by atoms with E-state index in [-0.39, 0.29) is 21.9 Å². The number of aromatic nitrogens is 1. The van der Waals surface area contributed by atoms with Crippen molar-refractivity contribution in [3.63, 3.8) is 0 Å². The van der Waals surface area contributed by atoms with Gasteiger partial charge in [-0.15, -0.1) is 0 Å². The molecule has 0 atom stereocenters. The zero-order valence-corrected chi connectivity index (χ0v) is 11.4. The minimum Gasteiger partial charge on any atom is -0.323 e. The van der Waals surface area contributed by atoms with E-state index >= 15 is 0 Å². The summed E-state index contributed by atoms with van der Waals surface area (Å²) in [4.78, 5) is 4.25. The van der Waals surface area contributed by atoms with Crippen LogP contribution in [-0.4, -0.2) is 4.98 Å². The number of hydrogen-bond donors (Lipinski definition) is 2. The molecule has 0 spiro atoms. The van der Waals surface area contributed by atoms with Crippen LogP contribution in [0.5, 0.6) is 0 Å². The molecule has 0 saturated heterocycles. The second-order valence-corrected chi connectivity index (χ2v) is 5.66. The standard InChI is InChI=1S/C14H17F2N3/c1-7-5-8(15)13-11(12(7)16)9(19-17)6-10(18-13)14(2,3)4/h5-6H,17H2,1-4H3,(H,18,19). The van der Waals surface area contributed by atoms with E-state index in [2.05, 4.69) is 10.4 Å². The minimum atomic E-state index is -0.545. The van der Waals surface area contributed by atoms with Gasteiger partial charge in [0.25, 0.3) is 0 Å². The molecule has 0 unspecified atom stereocenters. The Labute approximate surface area is 110 Å². The second kappa shape index (κ2) is 4.42. The van der Waals surface area contributed by atoms with Crippen molar-refractivity contribution in [1.82, 2.24) is 4.98 Å². The van der Waals surface area contributed by atoms with Gasteiger partial charge in [0.05, 0.1) is 11.1 Å². The number of benzene rings is 1. The Morgan fingerprint density at radius 2 is 1.84 bits per heavy atom. The predicted molar refractivity (Wildman–Crippen MR) is 72.9 cm³/mol. The van der Waals surface area contributed by atoms with Crippen LogP contribution in [0.25, 0.3) is 10.9 Å². The Morgan fingerprint density at radius 3 is 2.37 bits per heavy atom. The number of rotatable bonds is 1. The molecule has 0 aliphatic heterocycles. The van der Waals surface area contributed by atoms with Crippen LogP contribution in [0.4, 0.5) is 14.5 Å². The molecule has 102 valence electrons. The molecule has 0 amide bonds. The zero-order chi connectivity index (χ0) is 14.4. The maximum absolute atomic E-state index is 14.2. The molecular formula is C14H17F2N3. The van der Waals surface area contributed by atoms with Crippen LogP contribution < -0.4 is 11.3 Å². The molecule has 0 radical (unpaired) electrons. The molecular weight excluding hydrogens is 248 g/mol. The molecule has 3 N–H and O–H groups in total. The number of hydrazine groups is 1. The molecule has 0 saturated carbocycles. The van der Waals surface area contributed by atoms with Gasteiger partial charge in [0.2, 0.25) is 0 Å². The van der Waals surface area contributed by atoms with E-state index < -0.39 is 11.6 Å². The smallest absolute Gasteiger partial charge is 0.149 e. The number of aryl methyl sites for hydroxylation is 1. The van der Waals surface area contributed by atoms with Crippen LogP contribution in [-0.2, 0) is 5.41 Å². The molecule has 1 aromatic heterocycles. The van der Waals surface area contributed by atoms with Crippen LogP contribution in [0.2, 0.25) is 0 Å². The average molecular weight is 265 g/mol. The normalized spacial score (nSPS) is 11.9. The van der Waals surface area contributed by atoms with Gasteiger partial charge in [0, 0.05) is 11.1 Å². The van der Waals surface area contributed by atoms with Crippen LogP contribution in [0.1, 0.15) is 32.0 Å². The van der Waals surface area contributed by atoms with E-state index in [9.17, 15) is 8.78 Å². The fraction of sp³-hybridized carbons (Fsp3) is 0.357. The number of nitrogens with zero attached hydrogens (tertiary/aromatic N) is 1. The van der Waals surface area contributed by atoms with E-state index in [1.54, 1.807) is 6.07 Å². The summed E-state index contributed by atoms with van der Waals surface area (Å²) in [5.74, 6) is 4.38. The van der Waals surface area contributed by atoms with Gasteiger partial charge in [0.1, 0.15) is 17.2 Å². The molecule has 0 aliphatic rings. The molecule has 2 aromatic rings. The maximum Gasteiger partial charge on any atom is 0.149 e. The monoisotopic (exact) mass is 265 g/mol. The first-order chi connectivity index (χ1) is 8.75. The number of nitrogens with two attached hydrogens (primary N) is 1. The average Bonchev–Trinajstić information content (AvgIpc) is 2.33. The quantitative estimate of drug-likeness (QED) is 0.613. The number of anilines is 1. The number of nitrogen functional groups attached to an aromatic ring is 1. The van der Waals surface area contributed by atoms with Gasteiger partial charge >= 0.3 is 0 Å². The molecule has 5 heteroatoms. The van der Waals surface area contributed by atoms with Crippen molar-refractivity contribution in [2.75, 3.05) is 5.43 Å². The first kappa shape index (κ1) is 13.7. The predicted octanol–water partition coefficient (Wildman–Crippen LogP) is 3.40. The van der Waals surface area contributed by atoms with Gasteiger partial charge < -0.3 is 5.43 Å². The second-order valence-electron chi connectivity index (χ2n) is 5.66. The van der Waals surface area contributed by atoms with Crippen molar-refractivity contribution >= 4 is 16.6 Å². The Morgan fingerprint density at radius 1 is 1.21 bits per heavy atom. The van der Waals surface area contributed by atoms with E-state index in [4.69, 9.17) is 5.84 Å². The number of halogens is 2. The largest absolute Gasteiger partial charge is 0.323 e. The summed E-state index contributed by atoms with van der Waals surface area (Å²) >= 11 is 0. The fourth-order valence-corrected chi connectivity index (χ4v) is 1.96. The van der Waals surface area contributed by atoms with Gasteiger partial charge in [-0.2, -0.15) is 0 Å².